The van der Waals surface area contributed by atoms with E-state index in [1.54, 1.807) is 12.1 Å². The molecule has 0 radical (unpaired) electrons. The van der Waals surface area contributed by atoms with Gasteiger partial charge in [0.15, 0.2) is 0 Å². The molecule has 4 saturated carbocycles. The van der Waals surface area contributed by atoms with E-state index < -0.39 is 11.2 Å². The Balaban J connectivity index is 1.17. The Morgan fingerprint density at radius 2 is 1.07 bits per heavy atom. The summed E-state index contributed by atoms with van der Waals surface area (Å²) in [5.41, 5.74) is 1.94. The number of aliphatic hydroxyl groups is 2. The molecule has 0 aliphatic heterocycles. The van der Waals surface area contributed by atoms with Crippen LogP contribution in [0.1, 0.15) is 112 Å². The Morgan fingerprint density at radius 1 is 0.644 bits per heavy atom. The molecule has 8 rings (SSSR count). The number of hydrogen-bond acceptors (Lipinski definition) is 5. The van der Waals surface area contributed by atoms with Crippen LogP contribution in [-0.2, 0) is 12.8 Å². The molecule has 5 nitrogen and oxygen atoms in total. The largest absolute Gasteiger partial charge is 0.508 e. The van der Waals surface area contributed by atoms with Crippen LogP contribution in [0.15, 0.2) is 24.3 Å². The van der Waals surface area contributed by atoms with Crippen LogP contribution in [0, 0.1) is 59.2 Å². The molecular formula is C40H46O5. The summed E-state index contributed by atoms with van der Waals surface area (Å²) in [6.45, 7) is 4.40. The minimum absolute atomic E-state index is 0.199. The molecule has 45 heavy (non-hydrogen) atoms. The van der Waals surface area contributed by atoms with Crippen LogP contribution in [0.2, 0.25) is 0 Å². The lowest BCUT2D eigenvalue weighted by Gasteiger charge is -2.52. The minimum atomic E-state index is -1.06. The van der Waals surface area contributed by atoms with E-state index in [1.807, 2.05) is 12.1 Å². The van der Waals surface area contributed by atoms with Gasteiger partial charge >= 0.3 is 0 Å². The van der Waals surface area contributed by atoms with Gasteiger partial charge < -0.3 is 25.2 Å². The molecule has 4 fully saturated rings. The average Bonchev–Trinajstić information content (AvgIpc) is 3.46. The molecule has 2 aromatic rings. The van der Waals surface area contributed by atoms with Crippen molar-refractivity contribution in [3.8, 4) is 47.7 Å². The van der Waals surface area contributed by atoms with Crippen LogP contribution in [0.5, 0.6) is 23.0 Å². The van der Waals surface area contributed by atoms with Crippen molar-refractivity contribution in [3.05, 3.63) is 46.5 Å². The van der Waals surface area contributed by atoms with Gasteiger partial charge in [0.2, 0.25) is 0 Å². The zero-order valence-electron chi connectivity index (χ0n) is 26.6. The Morgan fingerprint density at radius 3 is 1.47 bits per heavy atom. The van der Waals surface area contributed by atoms with Gasteiger partial charge in [-0.05, 0) is 136 Å². The molecule has 5 heteroatoms. The first-order valence-electron chi connectivity index (χ1n) is 17.2. The summed E-state index contributed by atoms with van der Waals surface area (Å²) in [5.74, 6) is 9.31. The van der Waals surface area contributed by atoms with Crippen LogP contribution in [-0.4, -0.2) is 31.6 Å². The van der Waals surface area contributed by atoms with Gasteiger partial charge in [-0.3, -0.25) is 0 Å². The molecule has 2 unspecified atom stereocenters. The number of hydrogen-bond donors (Lipinski definition) is 4. The van der Waals surface area contributed by atoms with Gasteiger partial charge in [0.05, 0.1) is 0 Å². The van der Waals surface area contributed by atoms with Gasteiger partial charge in [-0.15, -0.1) is 12.8 Å². The Labute approximate surface area is 267 Å². The van der Waals surface area contributed by atoms with Crippen molar-refractivity contribution in [2.75, 3.05) is 0 Å². The van der Waals surface area contributed by atoms with Crippen LogP contribution in [0.4, 0.5) is 0 Å². The summed E-state index contributed by atoms with van der Waals surface area (Å²) in [6, 6.07) is 7.34. The summed E-state index contributed by atoms with van der Waals surface area (Å²) in [4.78, 5) is 0. The molecular weight excluding hydrogens is 560 g/mol. The lowest BCUT2D eigenvalue weighted by molar-refractivity contribution is -0.0650. The maximum Gasteiger partial charge on any atom is 0.134 e. The van der Waals surface area contributed by atoms with Gasteiger partial charge in [0.25, 0.3) is 0 Å². The zero-order valence-corrected chi connectivity index (χ0v) is 26.6. The Kier molecular flexibility index (Phi) is 6.31. The highest BCUT2D eigenvalue weighted by atomic mass is 16.5. The molecule has 2 aromatic carbocycles. The van der Waals surface area contributed by atoms with Crippen LogP contribution in [0.3, 0.4) is 0 Å². The lowest BCUT2D eigenvalue weighted by atomic mass is 9.53. The maximum atomic E-state index is 11.4. The van der Waals surface area contributed by atoms with E-state index in [4.69, 9.17) is 17.6 Å². The third-order valence-electron chi connectivity index (χ3n) is 14.5. The van der Waals surface area contributed by atoms with Gasteiger partial charge in [0.1, 0.15) is 34.2 Å². The van der Waals surface area contributed by atoms with Crippen molar-refractivity contribution >= 4 is 0 Å². The number of aryl methyl sites for hydroxylation is 2. The molecule has 4 N–H and O–H groups in total. The fourth-order valence-electron chi connectivity index (χ4n) is 12.1. The molecule has 0 saturated heterocycles. The molecule has 0 amide bonds. The third-order valence-corrected chi connectivity index (χ3v) is 14.5. The van der Waals surface area contributed by atoms with Crippen molar-refractivity contribution in [3.63, 3.8) is 0 Å². The van der Waals surface area contributed by atoms with Crippen molar-refractivity contribution in [2.45, 2.75) is 114 Å². The highest BCUT2D eigenvalue weighted by Crippen LogP contribution is 2.67. The van der Waals surface area contributed by atoms with Crippen molar-refractivity contribution < 1.29 is 25.2 Å². The van der Waals surface area contributed by atoms with Crippen molar-refractivity contribution in [2.24, 2.45) is 34.5 Å². The quantitative estimate of drug-likeness (QED) is 0.269. The first kappa shape index (κ1) is 29.3. The average molecular weight is 607 g/mol. The highest BCUT2D eigenvalue weighted by molar-refractivity contribution is 5.56. The summed E-state index contributed by atoms with van der Waals surface area (Å²) in [6.07, 6.45) is 22.2. The van der Waals surface area contributed by atoms with Crippen molar-refractivity contribution in [1.82, 2.24) is 0 Å². The number of ether oxygens (including phenoxy) is 1. The molecule has 0 spiro atoms. The van der Waals surface area contributed by atoms with E-state index in [2.05, 4.69) is 25.7 Å². The van der Waals surface area contributed by atoms with Gasteiger partial charge in [-0.1, -0.05) is 25.7 Å². The smallest absolute Gasteiger partial charge is 0.134 e. The summed E-state index contributed by atoms with van der Waals surface area (Å²) in [5, 5.41) is 44.7. The number of rotatable bonds is 2. The summed E-state index contributed by atoms with van der Waals surface area (Å²) < 4.78 is 6.95. The molecule has 0 bridgehead atoms. The molecule has 10 atom stereocenters. The van der Waals surface area contributed by atoms with Gasteiger partial charge in [0, 0.05) is 34.1 Å². The number of phenolic OH excluding ortho intramolecular Hbond substituents is 2. The standard InChI is InChI=1S/C40H46O5/c1-5-39(43)17-13-31-27-9-7-23-19-25(41)21-33(35(23)29(27)11-15-37(31,39)3)45-34-22-26(42)20-24-8-10-28-30(36(24)34)12-16-38(4)32(28)14-18-40(38,44)6-2/h1-2,19-22,27-32,41-44H,7-18H2,3-4H3/t27-,28-,29+,30+,31+,32+,37?,38?,39+,40+/m1/s1. The first-order chi connectivity index (χ1) is 21.4. The van der Waals surface area contributed by atoms with Gasteiger partial charge in [-0.2, -0.15) is 0 Å². The van der Waals surface area contributed by atoms with Crippen molar-refractivity contribution in [1.29, 1.82) is 0 Å². The Bertz CT molecular complexity index is 1540. The van der Waals surface area contributed by atoms with E-state index in [9.17, 15) is 20.4 Å². The second kappa shape index (κ2) is 9.70. The fourth-order valence-corrected chi connectivity index (χ4v) is 12.1. The molecule has 6 aliphatic carbocycles. The summed E-state index contributed by atoms with van der Waals surface area (Å²) in [7, 11) is 0. The number of aromatic hydroxyl groups is 2. The Hall–Kier alpha value is -3.12. The second-order valence-electron chi connectivity index (χ2n) is 16.0. The fraction of sp³-hybridized carbons (Fsp3) is 0.600. The van der Waals surface area contributed by atoms with Crippen LogP contribution < -0.4 is 4.74 Å². The number of benzene rings is 2. The predicted molar refractivity (Wildman–Crippen MR) is 173 cm³/mol. The highest BCUT2D eigenvalue weighted by Gasteiger charge is 2.63. The lowest BCUT2D eigenvalue weighted by Crippen LogP contribution is -2.50. The van der Waals surface area contributed by atoms with Crippen LogP contribution in [0.25, 0.3) is 0 Å². The minimum Gasteiger partial charge on any atom is -0.508 e. The number of fused-ring (bicyclic) bond motifs is 10. The second-order valence-corrected chi connectivity index (χ2v) is 16.0. The normalized spacial score (nSPS) is 42.5. The molecule has 0 heterocycles. The predicted octanol–water partition coefficient (Wildman–Crippen LogP) is 7.33. The zero-order chi connectivity index (χ0) is 31.5. The van der Waals surface area contributed by atoms with Gasteiger partial charge in [-0.25, -0.2) is 0 Å². The molecule has 236 valence electrons. The maximum absolute atomic E-state index is 11.4. The topological polar surface area (TPSA) is 90.2 Å². The number of terminal acetylenes is 2. The van der Waals surface area contributed by atoms with E-state index in [0.29, 0.717) is 48.0 Å². The van der Waals surface area contributed by atoms with Crippen LogP contribution >= 0.6 is 0 Å². The third kappa shape index (κ3) is 3.84. The number of phenols is 2. The van der Waals surface area contributed by atoms with E-state index in [0.717, 1.165) is 75.3 Å². The molecule has 6 aliphatic rings. The van der Waals surface area contributed by atoms with E-state index in [-0.39, 0.29) is 34.2 Å². The monoisotopic (exact) mass is 606 g/mol. The first-order valence-corrected chi connectivity index (χ1v) is 17.2. The SMILES string of the molecule is C#C[C@]1(O)CC[C@H]2[C@@H]3CCc4cc(O)cc(Oc5cc(O)cc6c5[C@H]5CCC7(C)[C@@H](CC[C@@]7(O)C#C)[C@@H]5CC6)c4[C@H]3CCC21C. The van der Waals surface area contributed by atoms with E-state index >= 15 is 0 Å². The van der Waals surface area contributed by atoms with E-state index in [1.165, 1.54) is 11.1 Å². The summed E-state index contributed by atoms with van der Waals surface area (Å²) >= 11 is 0. The molecule has 0 aromatic heterocycles.